The molecule has 7 aromatic carbocycles. The fourth-order valence-electron chi connectivity index (χ4n) is 8.17. The Morgan fingerprint density at radius 2 is 0.889 bits per heavy atom. The van der Waals surface area contributed by atoms with E-state index in [1.807, 2.05) is 72.8 Å². The smallest absolute Gasteiger partial charge is 0.102 e. The molecule has 3 aromatic heterocycles. The summed E-state index contributed by atoms with van der Waals surface area (Å²) in [6.45, 7) is 0. The van der Waals surface area contributed by atoms with Gasteiger partial charge >= 0.3 is 0 Å². The number of benzene rings is 7. The van der Waals surface area contributed by atoms with Crippen molar-refractivity contribution in [2.24, 2.45) is 0 Å². The van der Waals surface area contributed by atoms with Gasteiger partial charge in [0, 0.05) is 49.6 Å². The number of para-hydroxylation sites is 4. The van der Waals surface area contributed by atoms with Gasteiger partial charge < -0.3 is 9.13 Å². The molecule has 3 heterocycles. The standard InChI is InChI=1S/C49H29N5/c50-30-40-44(32-17-5-1-6-18-32)41(31-51)47(52-46(40)33-19-7-2-8-20-33)39-29-38-36-25-13-15-27-42(36)53(34-21-9-3-10-22-34)48(38)45-37-26-14-16-28-43(37)54(49(39)45)35-23-11-4-12-24-35/h1-29H. The molecule has 0 aliphatic carbocycles. The van der Waals surface area contributed by atoms with Gasteiger partial charge in [-0.25, -0.2) is 4.98 Å². The summed E-state index contributed by atoms with van der Waals surface area (Å²) >= 11 is 0. The highest BCUT2D eigenvalue weighted by Crippen LogP contribution is 2.48. The summed E-state index contributed by atoms with van der Waals surface area (Å²) in [5, 5.41) is 26.3. The molecule has 0 N–H and O–H groups in total. The lowest BCUT2D eigenvalue weighted by molar-refractivity contribution is 1.17. The minimum absolute atomic E-state index is 0.356. The van der Waals surface area contributed by atoms with Crippen molar-refractivity contribution >= 4 is 43.6 Å². The highest BCUT2D eigenvalue weighted by atomic mass is 15.0. The van der Waals surface area contributed by atoms with E-state index in [2.05, 4.69) is 124 Å². The van der Waals surface area contributed by atoms with E-state index < -0.39 is 0 Å². The van der Waals surface area contributed by atoms with Crippen LogP contribution in [0.1, 0.15) is 11.1 Å². The third kappa shape index (κ3) is 4.60. The maximum Gasteiger partial charge on any atom is 0.102 e. The minimum atomic E-state index is 0.356. The van der Waals surface area contributed by atoms with Crippen LogP contribution in [-0.4, -0.2) is 14.1 Å². The van der Waals surface area contributed by atoms with Crippen LogP contribution in [0.25, 0.3) is 88.6 Å². The molecule has 0 spiro atoms. The van der Waals surface area contributed by atoms with Gasteiger partial charge in [0.1, 0.15) is 12.1 Å². The summed E-state index contributed by atoms with van der Waals surface area (Å²) in [5.41, 5.74) is 10.9. The van der Waals surface area contributed by atoms with Gasteiger partial charge in [0.2, 0.25) is 0 Å². The van der Waals surface area contributed by atoms with E-state index in [0.717, 1.165) is 71.7 Å². The maximum atomic E-state index is 11.2. The van der Waals surface area contributed by atoms with Crippen molar-refractivity contribution in [2.75, 3.05) is 0 Å². The van der Waals surface area contributed by atoms with Crippen LogP contribution in [0.2, 0.25) is 0 Å². The van der Waals surface area contributed by atoms with Gasteiger partial charge in [0.25, 0.3) is 0 Å². The summed E-state index contributed by atoms with van der Waals surface area (Å²) in [6.07, 6.45) is 0. The zero-order chi connectivity index (χ0) is 36.2. The largest absolute Gasteiger partial charge is 0.309 e. The van der Waals surface area contributed by atoms with Gasteiger partial charge in [-0.05, 0) is 48.0 Å². The lowest BCUT2D eigenvalue weighted by atomic mass is 9.89. The van der Waals surface area contributed by atoms with Crippen LogP contribution in [0.3, 0.4) is 0 Å². The Morgan fingerprint density at radius 3 is 1.48 bits per heavy atom. The molecule has 0 bridgehead atoms. The fraction of sp³-hybridized carbons (Fsp3) is 0. The third-order valence-electron chi connectivity index (χ3n) is 10.4. The molecule has 0 aliphatic rings. The predicted molar refractivity (Wildman–Crippen MR) is 219 cm³/mol. The Kier molecular flexibility index (Phi) is 7.18. The number of nitriles is 2. The van der Waals surface area contributed by atoms with Gasteiger partial charge in [-0.2, -0.15) is 10.5 Å². The number of nitrogens with zero attached hydrogens (tertiary/aromatic N) is 5. The van der Waals surface area contributed by atoms with Crippen LogP contribution in [0.15, 0.2) is 176 Å². The molecule has 5 nitrogen and oxygen atoms in total. The van der Waals surface area contributed by atoms with Crippen molar-refractivity contribution < 1.29 is 0 Å². The van der Waals surface area contributed by atoms with Crippen molar-refractivity contribution in [2.45, 2.75) is 0 Å². The van der Waals surface area contributed by atoms with E-state index >= 15 is 0 Å². The number of fused-ring (bicyclic) bond motifs is 7. The van der Waals surface area contributed by atoms with E-state index in [1.165, 1.54) is 0 Å². The summed E-state index contributed by atoms with van der Waals surface area (Å²) in [7, 11) is 0. The molecule has 10 aromatic rings. The SMILES string of the molecule is N#Cc1c(-c2ccccc2)nc(-c2cc3c4ccccc4n(-c4ccccc4)c3c3c4ccccc4n(-c4ccccc4)c23)c(C#N)c1-c1ccccc1. The van der Waals surface area contributed by atoms with Crippen LogP contribution < -0.4 is 0 Å². The van der Waals surface area contributed by atoms with Gasteiger partial charge in [-0.15, -0.1) is 0 Å². The highest BCUT2D eigenvalue weighted by Gasteiger charge is 2.29. The molecule has 0 saturated carbocycles. The zero-order valence-electron chi connectivity index (χ0n) is 29.0. The summed E-state index contributed by atoms with van der Waals surface area (Å²) in [4.78, 5) is 5.38. The highest BCUT2D eigenvalue weighted by molar-refractivity contribution is 6.29. The molecule has 0 unspecified atom stereocenters. The van der Waals surface area contributed by atoms with Crippen molar-refractivity contribution in [1.29, 1.82) is 10.5 Å². The Labute approximate surface area is 311 Å². The summed E-state index contributed by atoms with van der Waals surface area (Å²) in [5.74, 6) is 0. The van der Waals surface area contributed by atoms with Gasteiger partial charge in [-0.1, -0.05) is 133 Å². The van der Waals surface area contributed by atoms with Crippen LogP contribution >= 0.6 is 0 Å². The molecule has 0 amide bonds. The summed E-state index contributed by atoms with van der Waals surface area (Å²) < 4.78 is 4.67. The van der Waals surface area contributed by atoms with Crippen molar-refractivity contribution in [3.63, 3.8) is 0 Å². The monoisotopic (exact) mass is 687 g/mol. The van der Waals surface area contributed by atoms with E-state index in [-0.39, 0.29) is 0 Å². The molecule has 54 heavy (non-hydrogen) atoms. The second-order valence-electron chi connectivity index (χ2n) is 13.3. The zero-order valence-corrected chi connectivity index (χ0v) is 29.0. The van der Waals surface area contributed by atoms with Crippen molar-refractivity contribution in [3.8, 4) is 57.2 Å². The molecule has 0 aliphatic heterocycles. The molecule has 5 heteroatoms. The Morgan fingerprint density at radius 1 is 0.426 bits per heavy atom. The second-order valence-corrected chi connectivity index (χ2v) is 13.3. The molecule has 0 fully saturated rings. The molecule has 250 valence electrons. The number of pyridine rings is 1. The third-order valence-corrected chi connectivity index (χ3v) is 10.4. The first-order chi connectivity index (χ1) is 26.8. The van der Waals surface area contributed by atoms with E-state index in [4.69, 9.17) is 4.98 Å². The average molecular weight is 688 g/mol. The number of rotatable bonds is 5. The number of hydrogen-bond donors (Lipinski definition) is 0. The first kappa shape index (κ1) is 31.0. The minimum Gasteiger partial charge on any atom is -0.309 e. The first-order valence-corrected chi connectivity index (χ1v) is 17.9. The molecular weight excluding hydrogens is 659 g/mol. The lowest BCUT2D eigenvalue weighted by Gasteiger charge is -2.18. The molecule has 10 rings (SSSR count). The van der Waals surface area contributed by atoms with Crippen LogP contribution in [0.4, 0.5) is 0 Å². The Balaban J connectivity index is 1.49. The van der Waals surface area contributed by atoms with Crippen molar-refractivity contribution in [3.05, 3.63) is 187 Å². The van der Waals surface area contributed by atoms with Gasteiger partial charge in [0.15, 0.2) is 0 Å². The number of aromatic nitrogens is 3. The second kappa shape index (κ2) is 12.5. The summed E-state index contributed by atoms with van der Waals surface area (Å²) in [6, 6.07) is 64.7. The van der Waals surface area contributed by atoms with Crippen LogP contribution in [0, 0.1) is 22.7 Å². The van der Waals surface area contributed by atoms with E-state index in [9.17, 15) is 10.5 Å². The first-order valence-electron chi connectivity index (χ1n) is 17.9. The molecule has 0 saturated heterocycles. The molecular formula is C49H29N5. The quantitative estimate of drug-likeness (QED) is 0.181. The maximum absolute atomic E-state index is 11.2. The molecule has 0 radical (unpaired) electrons. The van der Waals surface area contributed by atoms with Crippen LogP contribution in [-0.2, 0) is 0 Å². The van der Waals surface area contributed by atoms with Gasteiger partial charge in [-0.3, -0.25) is 0 Å². The predicted octanol–water partition coefficient (Wildman–Crippen LogP) is 12.0. The average Bonchev–Trinajstić information content (AvgIpc) is 3.77. The fourth-order valence-corrected chi connectivity index (χ4v) is 8.17. The van der Waals surface area contributed by atoms with Crippen molar-refractivity contribution in [1.82, 2.24) is 14.1 Å². The van der Waals surface area contributed by atoms with Gasteiger partial charge in [0.05, 0.1) is 44.6 Å². The Hall–Kier alpha value is -7.73. The molecule has 0 atom stereocenters. The number of hydrogen-bond acceptors (Lipinski definition) is 3. The normalized spacial score (nSPS) is 11.3. The van der Waals surface area contributed by atoms with E-state index in [0.29, 0.717) is 28.1 Å². The van der Waals surface area contributed by atoms with Crippen LogP contribution in [0.5, 0.6) is 0 Å². The topological polar surface area (TPSA) is 70.3 Å². The van der Waals surface area contributed by atoms with E-state index in [1.54, 1.807) is 0 Å². The lowest BCUT2D eigenvalue weighted by Crippen LogP contribution is -2.04. The Bertz CT molecular complexity index is 3150.